The third-order valence-corrected chi connectivity index (χ3v) is 4.71. The van der Waals surface area contributed by atoms with Gasteiger partial charge < -0.3 is 15.1 Å². The third kappa shape index (κ3) is 4.87. The lowest BCUT2D eigenvalue weighted by molar-refractivity contribution is 0.211. The Labute approximate surface area is 113 Å². The molecule has 1 aliphatic heterocycles. The monoisotopic (exact) mass is 253 g/mol. The molecule has 0 spiro atoms. The van der Waals surface area contributed by atoms with Gasteiger partial charge in [0, 0.05) is 25.7 Å². The lowest BCUT2D eigenvalue weighted by Crippen LogP contribution is -2.49. The van der Waals surface area contributed by atoms with Crippen LogP contribution >= 0.6 is 0 Å². The van der Waals surface area contributed by atoms with Crippen molar-refractivity contribution >= 4 is 0 Å². The van der Waals surface area contributed by atoms with Gasteiger partial charge in [-0.2, -0.15) is 0 Å². The summed E-state index contributed by atoms with van der Waals surface area (Å²) in [6, 6.07) is 0.706. The SMILES string of the molecule is CN(CCC1CCCC1)CCC1CN(C)CCN1. The highest BCUT2D eigenvalue weighted by atomic mass is 15.2. The van der Waals surface area contributed by atoms with Gasteiger partial charge in [0.1, 0.15) is 0 Å². The van der Waals surface area contributed by atoms with E-state index in [0.29, 0.717) is 6.04 Å². The van der Waals surface area contributed by atoms with Crippen LogP contribution in [0.5, 0.6) is 0 Å². The van der Waals surface area contributed by atoms with Crippen LogP contribution in [0.25, 0.3) is 0 Å². The van der Waals surface area contributed by atoms with Crippen molar-refractivity contribution in [2.75, 3.05) is 46.8 Å². The average Bonchev–Trinajstić information content (AvgIpc) is 2.87. The summed E-state index contributed by atoms with van der Waals surface area (Å²) >= 11 is 0. The number of rotatable bonds is 6. The van der Waals surface area contributed by atoms with Gasteiger partial charge in [0.15, 0.2) is 0 Å². The van der Waals surface area contributed by atoms with Crippen LogP contribution in [-0.2, 0) is 0 Å². The molecule has 0 aromatic rings. The highest BCUT2D eigenvalue weighted by Gasteiger charge is 2.18. The smallest absolute Gasteiger partial charge is 0.0207 e. The Balaban J connectivity index is 1.54. The maximum absolute atomic E-state index is 3.63. The highest BCUT2D eigenvalue weighted by Crippen LogP contribution is 2.27. The molecule has 0 amide bonds. The second-order valence-corrected chi connectivity index (χ2v) is 6.44. The molecule has 3 nitrogen and oxygen atoms in total. The third-order valence-electron chi connectivity index (χ3n) is 4.71. The summed E-state index contributed by atoms with van der Waals surface area (Å²) in [7, 11) is 4.53. The maximum atomic E-state index is 3.63. The number of hydrogen-bond acceptors (Lipinski definition) is 3. The molecule has 1 N–H and O–H groups in total. The zero-order chi connectivity index (χ0) is 12.8. The van der Waals surface area contributed by atoms with E-state index < -0.39 is 0 Å². The van der Waals surface area contributed by atoms with E-state index in [9.17, 15) is 0 Å². The van der Waals surface area contributed by atoms with Crippen molar-refractivity contribution < 1.29 is 0 Å². The van der Waals surface area contributed by atoms with Crippen LogP contribution in [0.15, 0.2) is 0 Å². The van der Waals surface area contributed by atoms with Crippen LogP contribution in [0, 0.1) is 5.92 Å². The zero-order valence-corrected chi connectivity index (χ0v) is 12.3. The van der Waals surface area contributed by atoms with Crippen LogP contribution in [0.3, 0.4) is 0 Å². The first-order valence-electron chi connectivity index (χ1n) is 7.84. The molecule has 1 unspecified atom stereocenters. The average molecular weight is 253 g/mol. The van der Waals surface area contributed by atoms with E-state index in [1.165, 1.54) is 64.7 Å². The Morgan fingerprint density at radius 2 is 1.89 bits per heavy atom. The van der Waals surface area contributed by atoms with Crippen molar-refractivity contribution in [2.45, 2.75) is 44.6 Å². The summed E-state index contributed by atoms with van der Waals surface area (Å²) < 4.78 is 0. The summed E-state index contributed by atoms with van der Waals surface area (Å²) in [6.45, 7) is 6.13. The van der Waals surface area contributed by atoms with Crippen LogP contribution in [0.4, 0.5) is 0 Å². The highest BCUT2D eigenvalue weighted by molar-refractivity contribution is 4.77. The molecule has 3 heteroatoms. The topological polar surface area (TPSA) is 18.5 Å². The van der Waals surface area contributed by atoms with Crippen molar-refractivity contribution in [2.24, 2.45) is 5.92 Å². The molecule has 0 bridgehead atoms. The van der Waals surface area contributed by atoms with Gasteiger partial charge >= 0.3 is 0 Å². The summed E-state index contributed by atoms with van der Waals surface area (Å²) in [4.78, 5) is 4.98. The van der Waals surface area contributed by atoms with Gasteiger partial charge in [0.2, 0.25) is 0 Å². The lowest BCUT2D eigenvalue weighted by Gasteiger charge is -2.32. The molecular weight excluding hydrogens is 222 g/mol. The lowest BCUT2D eigenvalue weighted by atomic mass is 10.0. The molecule has 1 saturated heterocycles. The normalized spacial score (nSPS) is 27.2. The summed E-state index contributed by atoms with van der Waals surface area (Å²) in [6.07, 6.45) is 8.66. The van der Waals surface area contributed by atoms with E-state index >= 15 is 0 Å². The van der Waals surface area contributed by atoms with E-state index in [-0.39, 0.29) is 0 Å². The first-order chi connectivity index (χ1) is 8.74. The fourth-order valence-electron chi connectivity index (χ4n) is 3.37. The van der Waals surface area contributed by atoms with E-state index in [0.717, 1.165) is 12.5 Å². The predicted octanol–water partition coefficient (Wildman–Crippen LogP) is 1.79. The van der Waals surface area contributed by atoms with Crippen LogP contribution in [0.1, 0.15) is 38.5 Å². The van der Waals surface area contributed by atoms with Gasteiger partial charge in [-0.05, 0) is 45.9 Å². The molecule has 1 aliphatic carbocycles. The molecular formula is C15H31N3. The van der Waals surface area contributed by atoms with Crippen molar-refractivity contribution in [1.82, 2.24) is 15.1 Å². The van der Waals surface area contributed by atoms with Crippen molar-refractivity contribution in [3.63, 3.8) is 0 Å². The molecule has 1 heterocycles. The van der Waals surface area contributed by atoms with Crippen molar-refractivity contribution in [3.8, 4) is 0 Å². The van der Waals surface area contributed by atoms with Gasteiger partial charge in [-0.15, -0.1) is 0 Å². The number of hydrogen-bond donors (Lipinski definition) is 1. The van der Waals surface area contributed by atoms with E-state index in [1.54, 1.807) is 0 Å². The number of nitrogens with one attached hydrogen (secondary N) is 1. The molecule has 106 valence electrons. The Morgan fingerprint density at radius 3 is 2.61 bits per heavy atom. The van der Waals surface area contributed by atoms with Crippen LogP contribution in [0.2, 0.25) is 0 Å². The van der Waals surface area contributed by atoms with Crippen molar-refractivity contribution in [1.29, 1.82) is 0 Å². The van der Waals surface area contributed by atoms with Crippen LogP contribution < -0.4 is 5.32 Å². The predicted molar refractivity (Wildman–Crippen MR) is 78.0 cm³/mol. The Bertz CT molecular complexity index is 226. The fourth-order valence-corrected chi connectivity index (χ4v) is 3.37. The first kappa shape index (κ1) is 14.3. The number of nitrogens with zero attached hydrogens (tertiary/aromatic N) is 2. The molecule has 0 aromatic carbocycles. The van der Waals surface area contributed by atoms with Gasteiger partial charge in [-0.25, -0.2) is 0 Å². The summed E-state index contributed by atoms with van der Waals surface area (Å²) in [5.74, 6) is 1.03. The van der Waals surface area contributed by atoms with Gasteiger partial charge in [0.25, 0.3) is 0 Å². The Hall–Kier alpha value is -0.120. The number of piperazine rings is 1. The van der Waals surface area contributed by atoms with Gasteiger partial charge in [0.05, 0.1) is 0 Å². The standard InChI is InChI=1S/C15H31N3/c1-17(10-7-14-5-3-4-6-14)11-8-15-13-18(2)12-9-16-15/h14-16H,3-13H2,1-2H3. The Kier molecular flexibility index (Phi) is 5.93. The molecule has 18 heavy (non-hydrogen) atoms. The second-order valence-electron chi connectivity index (χ2n) is 6.44. The molecule has 0 aromatic heterocycles. The first-order valence-corrected chi connectivity index (χ1v) is 7.84. The fraction of sp³-hybridized carbons (Fsp3) is 1.00. The number of likely N-dealkylation sites (N-methyl/N-ethyl adjacent to an activating group) is 1. The minimum atomic E-state index is 0.706. The molecule has 2 rings (SSSR count). The Morgan fingerprint density at radius 1 is 1.17 bits per heavy atom. The van der Waals surface area contributed by atoms with E-state index in [1.807, 2.05) is 0 Å². The summed E-state index contributed by atoms with van der Waals surface area (Å²) in [5, 5.41) is 3.63. The second kappa shape index (κ2) is 7.46. The molecule has 1 saturated carbocycles. The van der Waals surface area contributed by atoms with E-state index in [2.05, 4.69) is 29.2 Å². The molecule has 2 fully saturated rings. The largest absolute Gasteiger partial charge is 0.311 e. The summed E-state index contributed by atoms with van der Waals surface area (Å²) in [5.41, 5.74) is 0. The molecule has 2 aliphatic rings. The van der Waals surface area contributed by atoms with Gasteiger partial charge in [-0.1, -0.05) is 25.7 Å². The zero-order valence-electron chi connectivity index (χ0n) is 12.3. The molecule has 0 radical (unpaired) electrons. The van der Waals surface area contributed by atoms with Crippen molar-refractivity contribution in [3.05, 3.63) is 0 Å². The van der Waals surface area contributed by atoms with Crippen LogP contribution in [-0.4, -0.2) is 62.7 Å². The maximum Gasteiger partial charge on any atom is 0.0207 e. The minimum absolute atomic E-state index is 0.706. The van der Waals surface area contributed by atoms with Gasteiger partial charge in [-0.3, -0.25) is 0 Å². The quantitative estimate of drug-likeness (QED) is 0.778. The minimum Gasteiger partial charge on any atom is -0.311 e. The molecule has 1 atom stereocenters. The van der Waals surface area contributed by atoms with E-state index in [4.69, 9.17) is 0 Å².